The van der Waals surface area contributed by atoms with E-state index in [9.17, 15) is 4.79 Å². The van der Waals surface area contributed by atoms with Gasteiger partial charge in [0.05, 0.1) is 12.6 Å². The van der Waals surface area contributed by atoms with Crippen molar-refractivity contribution < 1.29 is 14.3 Å². The second-order valence-electron chi connectivity index (χ2n) is 5.48. The number of rotatable bonds is 8. The van der Waals surface area contributed by atoms with E-state index in [4.69, 9.17) is 9.47 Å². The second-order valence-corrected chi connectivity index (χ2v) is 5.48. The second kappa shape index (κ2) is 8.76. The number of hydrogen-bond acceptors (Lipinski definition) is 4. The number of carbonyl (C=O) groups is 1. The molecule has 1 fully saturated rings. The Bertz CT molecular complexity index is 469. The summed E-state index contributed by atoms with van der Waals surface area (Å²) < 4.78 is 11.3. The summed E-state index contributed by atoms with van der Waals surface area (Å²) in [5.41, 5.74) is 0.766. The van der Waals surface area contributed by atoms with Gasteiger partial charge in [-0.1, -0.05) is 19.9 Å². The number of likely N-dealkylation sites (N-methyl/N-ethyl adjacent to an activating group) is 1. The summed E-state index contributed by atoms with van der Waals surface area (Å²) in [6.07, 6.45) is 2.36. The van der Waals surface area contributed by atoms with Gasteiger partial charge in [-0.15, -0.1) is 0 Å². The Hall–Kier alpha value is -1.59. The fourth-order valence-corrected chi connectivity index (χ4v) is 2.48. The normalized spacial score (nSPS) is 17.7. The lowest BCUT2D eigenvalue weighted by molar-refractivity contribution is -0.117. The monoisotopic (exact) mass is 306 g/mol. The van der Waals surface area contributed by atoms with Gasteiger partial charge in [-0.3, -0.25) is 9.69 Å². The molecule has 5 heteroatoms. The minimum absolute atomic E-state index is 0.0000220. The quantitative estimate of drug-likeness (QED) is 0.802. The molecular weight excluding hydrogens is 280 g/mol. The number of amides is 1. The van der Waals surface area contributed by atoms with Gasteiger partial charge in [0, 0.05) is 18.4 Å². The van der Waals surface area contributed by atoms with E-state index in [2.05, 4.69) is 24.1 Å². The van der Waals surface area contributed by atoms with Crippen LogP contribution in [0, 0.1) is 0 Å². The highest BCUT2D eigenvalue weighted by Crippen LogP contribution is 2.19. The Morgan fingerprint density at radius 2 is 2.23 bits per heavy atom. The maximum atomic E-state index is 12.0. The van der Waals surface area contributed by atoms with Gasteiger partial charge in [0.2, 0.25) is 5.91 Å². The summed E-state index contributed by atoms with van der Waals surface area (Å²) in [6, 6.07) is 7.51. The van der Waals surface area contributed by atoms with Crippen LogP contribution in [-0.4, -0.2) is 49.8 Å². The summed E-state index contributed by atoms with van der Waals surface area (Å²) >= 11 is 0. The Kier molecular flexibility index (Phi) is 6.68. The highest BCUT2D eigenvalue weighted by atomic mass is 16.5. The molecule has 2 rings (SSSR count). The predicted octanol–water partition coefficient (Wildman–Crippen LogP) is 2.52. The van der Waals surface area contributed by atoms with Crippen LogP contribution < -0.4 is 10.1 Å². The first-order chi connectivity index (χ1) is 10.7. The molecule has 0 saturated carbocycles. The molecule has 1 amide bonds. The Morgan fingerprint density at radius 3 is 2.91 bits per heavy atom. The Labute approximate surface area is 132 Å². The number of ether oxygens (including phenoxy) is 2. The van der Waals surface area contributed by atoms with Gasteiger partial charge < -0.3 is 14.8 Å². The van der Waals surface area contributed by atoms with Crippen molar-refractivity contribution in [1.29, 1.82) is 0 Å². The van der Waals surface area contributed by atoms with Crippen molar-refractivity contribution in [2.45, 2.75) is 32.8 Å². The zero-order chi connectivity index (χ0) is 15.8. The van der Waals surface area contributed by atoms with Crippen molar-refractivity contribution >= 4 is 11.6 Å². The third-order valence-corrected chi connectivity index (χ3v) is 3.84. The Morgan fingerprint density at radius 1 is 1.41 bits per heavy atom. The first kappa shape index (κ1) is 16.8. The lowest BCUT2D eigenvalue weighted by atomic mass is 10.2. The molecule has 1 N–H and O–H groups in total. The summed E-state index contributed by atoms with van der Waals surface area (Å²) in [4.78, 5) is 14.1. The van der Waals surface area contributed by atoms with Gasteiger partial charge in [0.1, 0.15) is 12.4 Å². The van der Waals surface area contributed by atoms with E-state index in [0.29, 0.717) is 13.2 Å². The van der Waals surface area contributed by atoms with Crippen LogP contribution in [0.4, 0.5) is 5.69 Å². The van der Waals surface area contributed by atoms with Gasteiger partial charge in [-0.25, -0.2) is 0 Å². The van der Waals surface area contributed by atoms with Crippen LogP contribution in [0.5, 0.6) is 5.75 Å². The minimum atomic E-state index is -0.0000220. The van der Waals surface area contributed by atoms with Crippen LogP contribution in [0.3, 0.4) is 0 Å². The summed E-state index contributed by atoms with van der Waals surface area (Å²) in [5, 5.41) is 2.92. The number of nitrogens with one attached hydrogen (secondary N) is 1. The van der Waals surface area contributed by atoms with Crippen molar-refractivity contribution in [3.05, 3.63) is 24.3 Å². The van der Waals surface area contributed by atoms with E-state index >= 15 is 0 Å². The standard InChI is InChI=1S/C17H26N2O3/c1-3-19(4-2)12-17(20)18-14-7-5-8-15(11-14)22-13-16-9-6-10-21-16/h5,7-8,11,16H,3-4,6,9-10,12-13H2,1-2H3,(H,18,20). The van der Waals surface area contributed by atoms with Crippen molar-refractivity contribution in [3.63, 3.8) is 0 Å². The number of nitrogens with zero attached hydrogens (tertiary/aromatic N) is 1. The molecule has 1 aliphatic heterocycles. The molecular formula is C17H26N2O3. The highest BCUT2D eigenvalue weighted by molar-refractivity contribution is 5.92. The van der Waals surface area contributed by atoms with E-state index in [1.165, 1.54) is 0 Å². The van der Waals surface area contributed by atoms with Gasteiger partial charge >= 0.3 is 0 Å². The largest absolute Gasteiger partial charge is 0.491 e. The molecule has 1 atom stereocenters. The van der Waals surface area contributed by atoms with E-state index in [1.54, 1.807) is 0 Å². The number of benzene rings is 1. The van der Waals surface area contributed by atoms with Gasteiger partial charge in [0.25, 0.3) is 0 Å². The van der Waals surface area contributed by atoms with Crippen LogP contribution in [0.2, 0.25) is 0 Å². The zero-order valence-corrected chi connectivity index (χ0v) is 13.5. The van der Waals surface area contributed by atoms with Crippen LogP contribution in [0.25, 0.3) is 0 Å². The molecule has 1 unspecified atom stereocenters. The minimum Gasteiger partial charge on any atom is -0.491 e. The Balaban J connectivity index is 1.83. The average molecular weight is 306 g/mol. The first-order valence-electron chi connectivity index (χ1n) is 8.08. The van der Waals surface area contributed by atoms with Crippen LogP contribution in [0.1, 0.15) is 26.7 Å². The summed E-state index contributed by atoms with van der Waals surface area (Å²) in [7, 11) is 0. The lowest BCUT2D eigenvalue weighted by Crippen LogP contribution is -2.32. The molecule has 1 aromatic carbocycles. The van der Waals surface area contributed by atoms with Crippen molar-refractivity contribution in [3.8, 4) is 5.75 Å². The van der Waals surface area contributed by atoms with Gasteiger partial charge in [-0.05, 0) is 38.1 Å². The van der Waals surface area contributed by atoms with Crippen LogP contribution in [-0.2, 0) is 9.53 Å². The third kappa shape index (κ3) is 5.31. The van der Waals surface area contributed by atoms with E-state index in [-0.39, 0.29) is 12.0 Å². The van der Waals surface area contributed by atoms with Crippen LogP contribution >= 0.6 is 0 Å². The molecule has 1 aliphatic rings. The molecule has 0 radical (unpaired) electrons. The van der Waals surface area contributed by atoms with E-state index in [0.717, 1.165) is 44.0 Å². The van der Waals surface area contributed by atoms with Crippen molar-refractivity contribution in [2.24, 2.45) is 0 Å². The van der Waals surface area contributed by atoms with Crippen molar-refractivity contribution in [1.82, 2.24) is 4.90 Å². The number of anilines is 1. The van der Waals surface area contributed by atoms with E-state index in [1.807, 2.05) is 24.3 Å². The SMILES string of the molecule is CCN(CC)CC(=O)Nc1cccc(OCC2CCCO2)c1. The third-order valence-electron chi connectivity index (χ3n) is 3.84. The molecule has 1 saturated heterocycles. The summed E-state index contributed by atoms with van der Waals surface area (Å²) in [6.45, 7) is 7.65. The first-order valence-corrected chi connectivity index (χ1v) is 8.08. The molecule has 1 aromatic rings. The smallest absolute Gasteiger partial charge is 0.238 e. The molecule has 0 bridgehead atoms. The molecule has 22 heavy (non-hydrogen) atoms. The topological polar surface area (TPSA) is 50.8 Å². The maximum absolute atomic E-state index is 12.0. The number of hydrogen-bond donors (Lipinski definition) is 1. The van der Waals surface area contributed by atoms with Crippen molar-refractivity contribution in [2.75, 3.05) is 38.2 Å². The lowest BCUT2D eigenvalue weighted by Gasteiger charge is -2.17. The zero-order valence-electron chi connectivity index (χ0n) is 13.5. The molecule has 0 aromatic heterocycles. The van der Waals surface area contributed by atoms with E-state index < -0.39 is 0 Å². The highest BCUT2D eigenvalue weighted by Gasteiger charge is 2.16. The fourth-order valence-electron chi connectivity index (χ4n) is 2.48. The van der Waals surface area contributed by atoms with Gasteiger partial charge in [-0.2, -0.15) is 0 Å². The molecule has 122 valence electrons. The van der Waals surface area contributed by atoms with Gasteiger partial charge in [0.15, 0.2) is 0 Å². The molecule has 0 spiro atoms. The molecule has 1 heterocycles. The predicted molar refractivity (Wildman–Crippen MR) is 87.3 cm³/mol. The maximum Gasteiger partial charge on any atom is 0.238 e. The fraction of sp³-hybridized carbons (Fsp3) is 0.588. The summed E-state index contributed by atoms with van der Waals surface area (Å²) in [5.74, 6) is 0.760. The average Bonchev–Trinajstić information content (AvgIpc) is 3.04. The van der Waals surface area contributed by atoms with Crippen LogP contribution in [0.15, 0.2) is 24.3 Å². The molecule has 0 aliphatic carbocycles. The number of carbonyl (C=O) groups excluding carboxylic acids is 1. The molecule has 5 nitrogen and oxygen atoms in total.